The van der Waals surface area contributed by atoms with Crippen LogP contribution < -0.4 is 10.5 Å². The third kappa shape index (κ3) is 2.98. The lowest BCUT2D eigenvalue weighted by molar-refractivity contribution is -0.140. The zero-order valence-corrected chi connectivity index (χ0v) is 12.5. The number of aromatic nitrogens is 1. The maximum absolute atomic E-state index is 13.8. The van der Waals surface area contributed by atoms with Gasteiger partial charge in [0.15, 0.2) is 0 Å². The molecule has 0 radical (unpaired) electrons. The summed E-state index contributed by atoms with van der Waals surface area (Å²) in [4.78, 5) is 4.16. The van der Waals surface area contributed by atoms with Crippen molar-refractivity contribution in [1.82, 2.24) is 4.98 Å². The fourth-order valence-corrected chi connectivity index (χ4v) is 2.59. The van der Waals surface area contributed by atoms with Gasteiger partial charge >= 0.3 is 6.18 Å². The Kier molecular flexibility index (Phi) is 4.54. The molecule has 2 heterocycles. The minimum atomic E-state index is -4.74. The van der Waals surface area contributed by atoms with Gasteiger partial charge in [-0.3, -0.25) is 4.98 Å². The number of benzene rings is 1. The highest BCUT2D eigenvalue weighted by molar-refractivity contribution is 5.85. The van der Waals surface area contributed by atoms with E-state index in [-0.39, 0.29) is 24.6 Å². The number of ether oxygens (including phenoxy) is 1. The maximum Gasteiger partial charge on any atom is 0.419 e. The molecule has 1 aliphatic heterocycles. The highest BCUT2D eigenvalue weighted by Gasteiger charge is 2.39. The number of nitrogens with zero attached hydrogens (tertiary/aromatic N) is 1. The van der Waals surface area contributed by atoms with Crippen molar-refractivity contribution in [2.24, 2.45) is 5.73 Å². The average Bonchev–Trinajstić information content (AvgIpc) is 2.46. The Morgan fingerprint density at radius 2 is 1.96 bits per heavy atom. The van der Waals surface area contributed by atoms with Gasteiger partial charge in [0.2, 0.25) is 0 Å². The minimum absolute atomic E-state index is 0. The first-order chi connectivity index (χ1) is 10.3. The van der Waals surface area contributed by atoms with E-state index in [0.717, 1.165) is 6.07 Å². The summed E-state index contributed by atoms with van der Waals surface area (Å²) in [6, 6.07) is 6.06. The lowest BCUT2D eigenvalue weighted by Crippen LogP contribution is -2.43. The van der Waals surface area contributed by atoms with Crippen LogP contribution >= 0.6 is 12.4 Å². The van der Waals surface area contributed by atoms with Crippen molar-refractivity contribution >= 4 is 12.4 Å². The Balaban J connectivity index is 0.00000192. The van der Waals surface area contributed by atoms with E-state index in [1.807, 2.05) is 0 Å². The third-order valence-electron chi connectivity index (χ3n) is 3.74. The quantitative estimate of drug-likeness (QED) is 0.800. The summed E-state index contributed by atoms with van der Waals surface area (Å²) in [7, 11) is 0. The summed E-state index contributed by atoms with van der Waals surface area (Å²) >= 11 is 0. The second-order valence-electron chi connectivity index (χ2n) is 5.11. The molecule has 0 bridgehead atoms. The first-order valence-electron chi connectivity index (χ1n) is 6.57. The molecule has 1 aromatic carbocycles. The molecule has 0 fully saturated rings. The summed E-state index contributed by atoms with van der Waals surface area (Å²) in [5.41, 5.74) is 4.46. The predicted octanol–water partition coefficient (Wildman–Crippen LogP) is 3.65. The van der Waals surface area contributed by atoms with Gasteiger partial charge in [-0.15, -0.1) is 12.4 Å². The average molecular weight is 349 g/mol. The largest absolute Gasteiger partial charge is 0.491 e. The van der Waals surface area contributed by atoms with Crippen LogP contribution in [0, 0.1) is 5.82 Å². The van der Waals surface area contributed by atoms with E-state index in [1.54, 1.807) is 12.1 Å². The standard InChI is InChI=1S/C15H12F4N2O.ClH/c16-11-8-9(3-4-10(11)15(17,18)19)14(20)5-7-22-12-2-1-6-21-13(12)14;/h1-4,6,8H,5,7,20H2;1H/t14-;/m0./s1. The van der Waals surface area contributed by atoms with Crippen LogP contribution in [0.2, 0.25) is 0 Å². The van der Waals surface area contributed by atoms with Crippen LogP contribution in [0.5, 0.6) is 5.75 Å². The molecule has 0 saturated carbocycles. The van der Waals surface area contributed by atoms with Crippen LogP contribution in [-0.4, -0.2) is 11.6 Å². The van der Waals surface area contributed by atoms with E-state index in [4.69, 9.17) is 10.5 Å². The topological polar surface area (TPSA) is 48.1 Å². The Morgan fingerprint density at radius 3 is 2.61 bits per heavy atom. The van der Waals surface area contributed by atoms with Crippen LogP contribution in [0.4, 0.5) is 17.6 Å². The molecular weight excluding hydrogens is 336 g/mol. The van der Waals surface area contributed by atoms with Crippen LogP contribution in [-0.2, 0) is 11.7 Å². The lowest BCUT2D eigenvalue weighted by Gasteiger charge is -2.34. The second kappa shape index (κ2) is 5.98. The molecule has 1 aromatic heterocycles. The number of nitrogens with two attached hydrogens (primary N) is 1. The van der Waals surface area contributed by atoms with E-state index in [2.05, 4.69) is 4.98 Å². The number of alkyl halides is 3. The number of pyridine rings is 1. The van der Waals surface area contributed by atoms with E-state index < -0.39 is 23.1 Å². The summed E-state index contributed by atoms with van der Waals surface area (Å²) in [5.74, 6) is -0.893. The summed E-state index contributed by atoms with van der Waals surface area (Å²) in [5, 5.41) is 0. The normalized spacial score (nSPS) is 20.2. The van der Waals surface area contributed by atoms with Gasteiger partial charge in [-0.2, -0.15) is 13.2 Å². The molecule has 3 rings (SSSR count). The fraction of sp³-hybridized carbons (Fsp3) is 0.267. The van der Waals surface area contributed by atoms with Gasteiger partial charge in [-0.1, -0.05) is 6.07 Å². The number of rotatable bonds is 1. The molecule has 2 N–H and O–H groups in total. The third-order valence-corrected chi connectivity index (χ3v) is 3.74. The van der Waals surface area contributed by atoms with E-state index in [9.17, 15) is 17.6 Å². The summed E-state index contributed by atoms with van der Waals surface area (Å²) in [6.45, 7) is 0.276. The van der Waals surface area contributed by atoms with Gasteiger partial charge in [-0.05, 0) is 29.8 Å². The van der Waals surface area contributed by atoms with Gasteiger partial charge < -0.3 is 10.5 Å². The van der Waals surface area contributed by atoms with Crippen molar-refractivity contribution in [3.8, 4) is 5.75 Å². The molecule has 0 spiro atoms. The zero-order valence-electron chi connectivity index (χ0n) is 11.7. The van der Waals surface area contributed by atoms with Gasteiger partial charge in [0, 0.05) is 12.6 Å². The zero-order chi connectivity index (χ0) is 16.0. The van der Waals surface area contributed by atoms with Gasteiger partial charge in [0.05, 0.1) is 17.7 Å². The molecule has 124 valence electrons. The molecule has 0 unspecified atom stereocenters. The van der Waals surface area contributed by atoms with Crippen LogP contribution in [0.25, 0.3) is 0 Å². The molecule has 0 saturated heterocycles. The Hall–Kier alpha value is -1.86. The van der Waals surface area contributed by atoms with E-state index in [0.29, 0.717) is 23.9 Å². The highest BCUT2D eigenvalue weighted by Crippen LogP contribution is 2.40. The number of hydrogen-bond donors (Lipinski definition) is 1. The Bertz CT molecular complexity index is 723. The summed E-state index contributed by atoms with van der Waals surface area (Å²) < 4.78 is 57.2. The molecule has 0 aliphatic carbocycles. The van der Waals surface area contributed by atoms with Crippen molar-refractivity contribution in [2.75, 3.05) is 6.61 Å². The van der Waals surface area contributed by atoms with Crippen molar-refractivity contribution in [3.63, 3.8) is 0 Å². The predicted molar refractivity (Wildman–Crippen MR) is 78.0 cm³/mol. The number of hydrogen-bond acceptors (Lipinski definition) is 3. The number of fused-ring (bicyclic) bond motifs is 1. The molecule has 1 atom stereocenters. The van der Waals surface area contributed by atoms with Gasteiger partial charge in [-0.25, -0.2) is 4.39 Å². The molecule has 1 aliphatic rings. The maximum atomic E-state index is 13.8. The lowest BCUT2D eigenvalue weighted by atomic mass is 9.82. The second-order valence-corrected chi connectivity index (χ2v) is 5.11. The van der Waals surface area contributed by atoms with Crippen molar-refractivity contribution in [2.45, 2.75) is 18.1 Å². The van der Waals surface area contributed by atoms with Gasteiger partial charge in [0.1, 0.15) is 17.3 Å². The smallest absolute Gasteiger partial charge is 0.419 e. The molecule has 2 aromatic rings. The van der Waals surface area contributed by atoms with Crippen molar-refractivity contribution < 1.29 is 22.3 Å². The Labute approximate surface area is 135 Å². The van der Waals surface area contributed by atoms with Crippen LogP contribution in [0.3, 0.4) is 0 Å². The fourth-order valence-electron chi connectivity index (χ4n) is 2.59. The first-order valence-corrected chi connectivity index (χ1v) is 6.57. The van der Waals surface area contributed by atoms with E-state index >= 15 is 0 Å². The Morgan fingerprint density at radius 1 is 1.22 bits per heavy atom. The van der Waals surface area contributed by atoms with Crippen LogP contribution in [0.1, 0.15) is 23.2 Å². The van der Waals surface area contributed by atoms with Crippen LogP contribution in [0.15, 0.2) is 36.5 Å². The first kappa shape index (κ1) is 17.5. The van der Waals surface area contributed by atoms with Gasteiger partial charge in [0.25, 0.3) is 0 Å². The van der Waals surface area contributed by atoms with Crippen molar-refractivity contribution in [1.29, 1.82) is 0 Å². The SMILES string of the molecule is Cl.N[C@]1(c2ccc(C(F)(F)F)c(F)c2)CCOc2cccnc21. The minimum Gasteiger partial charge on any atom is -0.491 e. The molecule has 3 nitrogen and oxygen atoms in total. The molecule has 23 heavy (non-hydrogen) atoms. The molecule has 0 amide bonds. The monoisotopic (exact) mass is 348 g/mol. The molecular formula is C15H13ClF4N2O. The molecule has 8 heteroatoms. The van der Waals surface area contributed by atoms with E-state index in [1.165, 1.54) is 12.3 Å². The number of halogens is 5. The summed E-state index contributed by atoms with van der Waals surface area (Å²) in [6.07, 6.45) is -2.94. The van der Waals surface area contributed by atoms with Crippen molar-refractivity contribution in [3.05, 3.63) is 59.2 Å². The highest BCUT2D eigenvalue weighted by atomic mass is 35.5.